The SMILES string of the molecule is COc1cc(-c2noc([C@@H](NC[C@H](O)COCC(C)C)C(C)C)n2)cc(OC)c1OC. The maximum Gasteiger partial charge on any atom is 0.244 e. The number of hydrogen-bond acceptors (Lipinski definition) is 9. The lowest BCUT2D eigenvalue weighted by atomic mass is 10.0. The van der Waals surface area contributed by atoms with Crippen LogP contribution < -0.4 is 19.5 Å². The molecule has 0 spiro atoms. The molecule has 0 aliphatic rings. The second kappa shape index (κ2) is 11.9. The van der Waals surface area contributed by atoms with Crippen LogP contribution in [0.15, 0.2) is 16.7 Å². The van der Waals surface area contributed by atoms with E-state index in [1.807, 2.05) is 13.8 Å². The van der Waals surface area contributed by atoms with Crippen LogP contribution in [0.1, 0.15) is 39.6 Å². The Morgan fingerprint density at radius 3 is 2.16 bits per heavy atom. The first-order valence-electron chi connectivity index (χ1n) is 10.4. The molecule has 2 atom stereocenters. The number of ether oxygens (including phenoxy) is 4. The Morgan fingerprint density at radius 1 is 1.00 bits per heavy atom. The van der Waals surface area contributed by atoms with E-state index in [1.54, 1.807) is 33.5 Å². The summed E-state index contributed by atoms with van der Waals surface area (Å²) in [6, 6.07) is 3.32. The second-order valence-electron chi connectivity index (χ2n) is 8.09. The Hall–Kier alpha value is -2.36. The number of methoxy groups -OCH3 is 3. The summed E-state index contributed by atoms with van der Waals surface area (Å²) in [5.41, 5.74) is 0.675. The van der Waals surface area contributed by atoms with Gasteiger partial charge in [0.15, 0.2) is 11.5 Å². The Kier molecular flexibility index (Phi) is 9.54. The zero-order valence-corrected chi connectivity index (χ0v) is 19.5. The molecule has 0 saturated carbocycles. The predicted molar refractivity (Wildman–Crippen MR) is 117 cm³/mol. The standard InChI is InChI=1S/C22H35N3O6/c1-13(2)11-30-12-16(26)10-23-19(14(3)4)22-24-21(25-31-22)15-8-17(27-5)20(29-7)18(9-15)28-6/h8-9,13-14,16,19,23,26H,10-12H2,1-7H3/t16-,19-/m0/s1. The van der Waals surface area contributed by atoms with Gasteiger partial charge in [-0.2, -0.15) is 4.98 Å². The number of hydrogen-bond donors (Lipinski definition) is 2. The Morgan fingerprint density at radius 2 is 1.65 bits per heavy atom. The van der Waals surface area contributed by atoms with Crippen molar-refractivity contribution in [2.24, 2.45) is 11.8 Å². The van der Waals surface area contributed by atoms with Crippen molar-refractivity contribution in [2.75, 3.05) is 41.1 Å². The Bertz CT molecular complexity index is 783. The van der Waals surface area contributed by atoms with Gasteiger partial charge >= 0.3 is 0 Å². The Balaban J connectivity index is 2.15. The monoisotopic (exact) mass is 437 g/mol. The highest BCUT2D eigenvalue weighted by Crippen LogP contribution is 2.40. The summed E-state index contributed by atoms with van der Waals surface area (Å²) in [7, 11) is 4.66. The van der Waals surface area contributed by atoms with E-state index in [4.69, 9.17) is 23.5 Å². The second-order valence-corrected chi connectivity index (χ2v) is 8.09. The maximum atomic E-state index is 10.2. The van der Waals surface area contributed by atoms with Crippen molar-refractivity contribution >= 4 is 0 Å². The molecule has 0 bridgehead atoms. The van der Waals surface area contributed by atoms with Crippen molar-refractivity contribution in [2.45, 2.75) is 39.8 Å². The average Bonchev–Trinajstić information content (AvgIpc) is 3.22. The molecule has 2 N–H and O–H groups in total. The van der Waals surface area contributed by atoms with E-state index in [9.17, 15) is 5.11 Å². The summed E-state index contributed by atoms with van der Waals surface area (Å²) in [6.45, 7) is 9.47. The maximum absolute atomic E-state index is 10.2. The number of aromatic nitrogens is 2. The molecule has 2 aromatic rings. The van der Waals surface area contributed by atoms with Gasteiger partial charge in [-0.05, 0) is 24.0 Å². The highest BCUT2D eigenvalue weighted by atomic mass is 16.5. The highest BCUT2D eigenvalue weighted by molar-refractivity contribution is 5.66. The fourth-order valence-corrected chi connectivity index (χ4v) is 3.06. The van der Waals surface area contributed by atoms with Crippen LogP contribution in [0.2, 0.25) is 0 Å². The van der Waals surface area contributed by atoms with Gasteiger partial charge in [0, 0.05) is 18.7 Å². The van der Waals surface area contributed by atoms with Crippen molar-refractivity contribution in [3.63, 3.8) is 0 Å². The lowest BCUT2D eigenvalue weighted by molar-refractivity contribution is 0.0237. The number of nitrogens with zero attached hydrogens (tertiary/aromatic N) is 2. The zero-order chi connectivity index (χ0) is 23.0. The fourth-order valence-electron chi connectivity index (χ4n) is 3.06. The topological polar surface area (TPSA) is 108 Å². The van der Waals surface area contributed by atoms with Gasteiger partial charge in [-0.1, -0.05) is 32.9 Å². The van der Waals surface area contributed by atoms with E-state index in [0.29, 0.717) is 53.6 Å². The van der Waals surface area contributed by atoms with Gasteiger partial charge in [0.1, 0.15) is 0 Å². The molecule has 9 heteroatoms. The minimum absolute atomic E-state index is 0.164. The largest absolute Gasteiger partial charge is 0.493 e. The van der Waals surface area contributed by atoms with Gasteiger partial charge in [-0.15, -0.1) is 0 Å². The van der Waals surface area contributed by atoms with Gasteiger partial charge in [-0.25, -0.2) is 0 Å². The molecule has 0 amide bonds. The molecule has 2 rings (SSSR count). The minimum Gasteiger partial charge on any atom is -0.493 e. The molecular weight excluding hydrogens is 402 g/mol. The first kappa shape index (κ1) is 24.9. The van der Waals surface area contributed by atoms with Crippen LogP contribution >= 0.6 is 0 Å². The van der Waals surface area contributed by atoms with Crippen LogP contribution in [0.4, 0.5) is 0 Å². The summed E-state index contributed by atoms with van der Waals surface area (Å²) in [5.74, 6) is 2.94. The molecule has 0 aliphatic heterocycles. The summed E-state index contributed by atoms with van der Waals surface area (Å²) < 4.78 is 27.2. The molecule has 9 nitrogen and oxygen atoms in total. The van der Waals surface area contributed by atoms with Crippen LogP contribution in [0, 0.1) is 11.8 Å². The molecule has 31 heavy (non-hydrogen) atoms. The molecule has 0 unspecified atom stereocenters. The quantitative estimate of drug-likeness (QED) is 0.489. The average molecular weight is 438 g/mol. The van der Waals surface area contributed by atoms with Crippen molar-refractivity contribution < 1.29 is 28.6 Å². The molecule has 0 fully saturated rings. The summed E-state index contributed by atoms with van der Waals surface area (Å²) in [6.07, 6.45) is -0.627. The van der Waals surface area contributed by atoms with Crippen LogP contribution in [-0.2, 0) is 4.74 Å². The number of nitrogens with one attached hydrogen (secondary N) is 1. The van der Waals surface area contributed by atoms with E-state index in [0.717, 1.165) is 0 Å². The molecule has 174 valence electrons. The van der Waals surface area contributed by atoms with Crippen molar-refractivity contribution in [3.8, 4) is 28.6 Å². The smallest absolute Gasteiger partial charge is 0.244 e. The molecule has 1 aromatic heterocycles. The van der Waals surface area contributed by atoms with Gasteiger partial charge in [0.2, 0.25) is 17.5 Å². The summed E-state index contributed by atoms with van der Waals surface area (Å²) in [5, 5.41) is 17.6. The van der Waals surface area contributed by atoms with Gasteiger partial charge < -0.3 is 33.9 Å². The minimum atomic E-state index is -0.627. The number of aliphatic hydroxyl groups is 1. The van der Waals surface area contributed by atoms with Gasteiger partial charge in [-0.3, -0.25) is 0 Å². The van der Waals surface area contributed by atoms with Crippen LogP contribution in [0.5, 0.6) is 17.2 Å². The molecule has 1 aromatic carbocycles. The molecule has 0 radical (unpaired) electrons. The molecule has 1 heterocycles. The number of aliphatic hydroxyl groups excluding tert-OH is 1. The first-order chi connectivity index (χ1) is 14.8. The van der Waals surface area contributed by atoms with Crippen molar-refractivity contribution in [1.82, 2.24) is 15.5 Å². The first-order valence-corrected chi connectivity index (χ1v) is 10.4. The number of benzene rings is 1. The molecule has 0 saturated heterocycles. The third kappa shape index (κ3) is 6.81. The van der Waals surface area contributed by atoms with E-state index in [-0.39, 0.29) is 18.6 Å². The van der Waals surface area contributed by atoms with E-state index in [2.05, 4.69) is 29.3 Å². The lowest BCUT2D eigenvalue weighted by Crippen LogP contribution is -2.35. The van der Waals surface area contributed by atoms with Crippen molar-refractivity contribution in [1.29, 1.82) is 0 Å². The fraction of sp³-hybridized carbons (Fsp3) is 0.636. The summed E-state index contributed by atoms with van der Waals surface area (Å²) in [4.78, 5) is 4.57. The van der Waals surface area contributed by atoms with E-state index in [1.165, 1.54) is 0 Å². The normalized spacial score (nSPS) is 13.5. The van der Waals surface area contributed by atoms with Crippen LogP contribution in [0.3, 0.4) is 0 Å². The lowest BCUT2D eigenvalue weighted by Gasteiger charge is -2.21. The van der Waals surface area contributed by atoms with Gasteiger partial charge in [0.05, 0.1) is 40.1 Å². The van der Waals surface area contributed by atoms with Crippen LogP contribution in [0.25, 0.3) is 11.4 Å². The third-order valence-corrected chi connectivity index (χ3v) is 4.63. The van der Waals surface area contributed by atoms with Crippen LogP contribution in [-0.4, -0.2) is 62.4 Å². The highest BCUT2D eigenvalue weighted by Gasteiger charge is 2.24. The summed E-state index contributed by atoms with van der Waals surface area (Å²) >= 11 is 0. The molecule has 0 aliphatic carbocycles. The number of rotatable bonds is 13. The molecular formula is C22H35N3O6. The van der Waals surface area contributed by atoms with Crippen molar-refractivity contribution in [3.05, 3.63) is 18.0 Å². The third-order valence-electron chi connectivity index (χ3n) is 4.63. The van der Waals surface area contributed by atoms with E-state index < -0.39 is 6.10 Å². The predicted octanol–water partition coefficient (Wildman–Crippen LogP) is 3.08. The van der Waals surface area contributed by atoms with Gasteiger partial charge in [0.25, 0.3) is 0 Å². The Labute approximate surface area is 184 Å². The zero-order valence-electron chi connectivity index (χ0n) is 19.5. The van der Waals surface area contributed by atoms with E-state index >= 15 is 0 Å².